The summed E-state index contributed by atoms with van der Waals surface area (Å²) in [5, 5.41) is 12.2. The molecule has 0 amide bonds. The number of rotatable bonds is 4. The molecule has 2 rings (SSSR count). The van der Waals surface area contributed by atoms with E-state index in [2.05, 4.69) is 15.0 Å². The molecule has 0 atom stereocenters. The standard InChI is InChI=1S/C15H24N4O2/c1-10-8-13(14(11(2)17-10)15(16)18-20)19-6-4-12(5-7-19)9-21-3/h8,12,20H,4-7,9H2,1-3H3,(H2,16,18). The highest BCUT2D eigenvalue weighted by Crippen LogP contribution is 2.28. The predicted octanol–water partition coefficient (Wildman–Crippen LogP) is 1.66. The second-order valence-electron chi connectivity index (χ2n) is 5.61. The summed E-state index contributed by atoms with van der Waals surface area (Å²) in [6.07, 6.45) is 2.17. The van der Waals surface area contributed by atoms with Crippen molar-refractivity contribution in [2.45, 2.75) is 26.7 Å². The van der Waals surface area contributed by atoms with Crippen LogP contribution in [0.3, 0.4) is 0 Å². The number of oxime groups is 1. The van der Waals surface area contributed by atoms with Crippen molar-refractivity contribution in [1.82, 2.24) is 4.98 Å². The van der Waals surface area contributed by atoms with Gasteiger partial charge in [-0.1, -0.05) is 5.16 Å². The van der Waals surface area contributed by atoms with Gasteiger partial charge in [0.1, 0.15) is 0 Å². The van der Waals surface area contributed by atoms with Gasteiger partial charge in [0, 0.05) is 32.5 Å². The molecule has 1 saturated heterocycles. The Kier molecular flexibility index (Phi) is 5.01. The number of hydrogen-bond donors (Lipinski definition) is 2. The Labute approximate surface area is 125 Å². The monoisotopic (exact) mass is 292 g/mol. The Hall–Kier alpha value is -1.82. The Morgan fingerprint density at radius 3 is 2.71 bits per heavy atom. The number of anilines is 1. The third-order valence-corrected chi connectivity index (χ3v) is 4.03. The van der Waals surface area contributed by atoms with Gasteiger partial charge in [0.05, 0.1) is 16.9 Å². The molecule has 0 bridgehead atoms. The van der Waals surface area contributed by atoms with Crippen LogP contribution in [0.2, 0.25) is 0 Å². The number of piperidine rings is 1. The second kappa shape index (κ2) is 6.76. The zero-order chi connectivity index (χ0) is 15.4. The van der Waals surface area contributed by atoms with E-state index in [1.165, 1.54) is 0 Å². The minimum atomic E-state index is 0.119. The smallest absolute Gasteiger partial charge is 0.174 e. The van der Waals surface area contributed by atoms with Crippen LogP contribution in [0.1, 0.15) is 29.8 Å². The average Bonchev–Trinajstić information content (AvgIpc) is 2.47. The number of hydrogen-bond acceptors (Lipinski definition) is 5. The van der Waals surface area contributed by atoms with E-state index in [1.54, 1.807) is 7.11 Å². The van der Waals surface area contributed by atoms with Crippen LogP contribution < -0.4 is 10.6 Å². The van der Waals surface area contributed by atoms with E-state index in [-0.39, 0.29) is 5.84 Å². The lowest BCUT2D eigenvalue weighted by molar-refractivity contribution is 0.139. The maximum absolute atomic E-state index is 9.02. The van der Waals surface area contributed by atoms with Crippen molar-refractivity contribution in [2.75, 3.05) is 31.7 Å². The van der Waals surface area contributed by atoms with Gasteiger partial charge in [0.2, 0.25) is 0 Å². The summed E-state index contributed by atoms with van der Waals surface area (Å²) in [5.41, 5.74) is 9.31. The number of nitrogens with two attached hydrogens (primary N) is 1. The van der Waals surface area contributed by atoms with Crippen molar-refractivity contribution in [1.29, 1.82) is 0 Å². The first-order valence-corrected chi connectivity index (χ1v) is 7.26. The summed E-state index contributed by atoms with van der Waals surface area (Å²) in [6.45, 7) is 6.56. The minimum Gasteiger partial charge on any atom is -0.409 e. The molecular weight excluding hydrogens is 268 g/mol. The van der Waals surface area contributed by atoms with Crippen molar-refractivity contribution in [3.63, 3.8) is 0 Å². The molecule has 0 unspecified atom stereocenters. The number of ether oxygens (including phenoxy) is 1. The zero-order valence-electron chi connectivity index (χ0n) is 13.0. The molecule has 6 nitrogen and oxygen atoms in total. The molecule has 0 aromatic carbocycles. The molecule has 6 heteroatoms. The zero-order valence-corrected chi connectivity index (χ0v) is 13.0. The molecular formula is C15H24N4O2. The summed E-state index contributed by atoms with van der Waals surface area (Å²) < 4.78 is 5.24. The van der Waals surface area contributed by atoms with Crippen LogP contribution in [0.25, 0.3) is 0 Å². The average molecular weight is 292 g/mol. The van der Waals surface area contributed by atoms with E-state index in [1.807, 2.05) is 19.9 Å². The number of pyridine rings is 1. The third kappa shape index (κ3) is 3.44. The maximum Gasteiger partial charge on any atom is 0.174 e. The van der Waals surface area contributed by atoms with Crippen molar-refractivity contribution in [3.8, 4) is 0 Å². The lowest BCUT2D eigenvalue weighted by Gasteiger charge is -2.34. The van der Waals surface area contributed by atoms with Gasteiger partial charge in [-0.25, -0.2) is 0 Å². The highest BCUT2D eigenvalue weighted by Gasteiger charge is 2.23. The van der Waals surface area contributed by atoms with E-state index in [0.29, 0.717) is 5.92 Å². The van der Waals surface area contributed by atoms with E-state index in [9.17, 15) is 0 Å². The van der Waals surface area contributed by atoms with E-state index in [0.717, 1.165) is 55.2 Å². The van der Waals surface area contributed by atoms with Gasteiger partial charge < -0.3 is 20.6 Å². The number of aromatic nitrogens is 1. The molecule has 0 radical (unpaired) electrons. The first kappa shape index (κ1) is 15.6. The van der Waals surface area contributed by atoms with Crippen LogP contribution in [-0.2, 0) is 4.74 Å². The summed E-state index contributed by atoms with van der Waals surface area (Å²) in [7, 11) is 1.75. The van der Waals surface area contributed by atoms with E-state index >= 15 is 0 Å². The number of methoxy groups -OCH3 is 1. The molecule has 0 saturated carbocycles. The van der Waals surface area contributed by atoms with Crippen molar-refractivity contribution in [2.24, 2.45) is 16.8 Å². The van der Waals surface area contributed by atoms with Crippen LogP contribution >= 0.6 is 0 Å². The lowest BCUT2D eigenvalue weighted by atomic mass is 9.96. The van der Waals surface area contributed by atoms with E-state index in [4.69, 9.17) is 15.7 Å². The fraction of sp³-hybridized carbons (Fsp3) is 0.600. The van der Waals surface area contributed by atoms with Gasteiger partial charge in [0.25, 0.3) is 0 Å². The molecule has 1 aliphatic heterocycles. The molecule has 1 aromatic rings. The second-order valence-corrected chi connectivity index (χ2v) is 5.61. The first-order valence-electron chi connectivity index (χ1n) is 7.26. The largest absolute Gasteiger partial charge is 0.409 e. The normalized spacial score (nSPS) is 17.3. The Morgan fingerprint density at radius 1 is 1.48 bits per heavy atom. The summed E-state index contributed by atoms with van der Waals surface area (Å²) in [5.74, 6) is 0.733. The molecule has 0 aliphatic carbocycles. The predicted molar refractivity (Wildman–Crippen MR) is 83.0 cm³/mol. The van der Waals surface area contributed by atoms with Gasteiger partial charge in [0.15, 0.2) is 5.84 Å². The fourth-order valence-electron chi connectivity index (χ4n) is 3.00. The van der Waals surface area contributed by atoms with E-state index < -0.39 is 0 Å². The van der Waals surface area contributed by atoms with Crippen LogP contribution in [0.5, 0.6) is 0 Å². The third-order valence-electron chi connectivity index (χ3n) is 4.03. The van der Waals surface area contributed by atoms with Crippen molar-refractivity contribution in [3.05, 3.63) is 23.0 Å². The number of aryl methyl sites for hydroxylation is 2. The summed E-state index contributed by atoms with van der Waals surface area (Å²) in [6, 6.07) is 2.01. The molecule has 2 heterocycles. The fourth-order valence-corrected chi connectivity index (χ4v) is 3.00. The molecule has 1 aliphatic rings. The van der Waals surface area contributed by atoms with Crippen LogP contribution in [0, 0.1) is 19.8 Å². The van der Waals surface area contributed by atoms with Crippen molar-refractivity contribution < 1.29 is 9.94 Å². The number of nitrogens with zero attached hydrogens (tertiary/aromatic N) is 3. The minimum absolute atomic E-state index is 0.119. The van der Waals surface area contributed by atoms with Gasteiger partial charge in [-0.2, -0.15) is 0 Å². The maximum atomic E-state index is 9.02. The molecule has 1 fully saturated rings. The highest BCUT2D eigenvalue weighted by atomic mass is 16.5. The van der Waals surface area contributed by atoms with Crippen LogP contribution in [-0.4, -0.2) is 42.8 Å². The quantitative estimate of drug-likeness (QED) is 0.381. The Morgan fingerprint density at radius 2 is 2.14 bits per heavy atom. The number of amidine groups is 1. The summed E-state index contributed by atoms with van der Waals surface area (Å²) >= 11 is 0. The molecule has 1 aromatic heterocycles. The SMILES string of the molecule is COCC1CCN(c2cc(C)nc(C)c2/C(N)=N/O)CC1. The van der Waals surface area contributed by atoms with Crippen molar-refractivity contribution >= 4 is 11.5 Å². The molecule has 3 N–H and O–H groups in total. The van der Waals surface area contributed by atoms with Crippen LogP contribution in [0.4, 0.5) is 5.69 Å². The van der Waals surface area contributed by atoms with Gasteiger partial charge in [-0.05, 0) is 38.7 Å². The topological polar surface area (TPSA) is 84.0 Å². The Bertz CT molecular complexity index is 523. The Balaban J connectivity index is 2.27. The van der Waals surface area contributed by atoms with Gasteiger partial charge in [-0.3, -0.25) is 4.98 Å². The molecule has 21 heavy (non-hydrogen) atoms. The highest BCUT2D eigenvalue weighted by molar-refractivity contribution is 6.03. The van der Waals surface area contributed by atoms with Gasteiger partial charge >= 0.3 is 0 Å². The molecule has 116 valence electrons. The first-order chi connectivity index (χ1) is 10.1. The van der Waals surface area contributed by atoms with Gasteiger partial charge in [-0.15, -0.1) is 0 Å². The summed E-state index contributed by atoms with van der Waals surface area (Å²) in [4.78, 5) is 6.72. The van der Waals surface area contributed by atoms with Crippen LogP contribution in [0.15, 0.2) is 11.2 Å². The lowest BCUT2D eigenvalue weighted by Crippen LogP contribution is -2.36. The molecule has 0 spiro atoms.